The van der Waals surface area contributed by atoms with Gasteiger partial charge in [-0.2, -0.15) is 0 Å². The lowest BCUT2D eigenvalue weighted by atomic mass is 9.64. The molecule has 0 saturated carbocycles. The van der Waals surface area contributed by atoms with Crippen LogP contribution in [0.5, 0.6) is 0 Å². The number of nitrogens with zero attached hydrogens (tertiary/aromatic N) is 1. The second-order valence-electron chi connectivity index (χ2n) is 20.5. The van der Waals surface area contributed by atoms with Crippen LogP contribution in [0, 0.1) is 0 Å². The average Bonchev–Trinajstić information content (AvgIpc) is 4.28. The van der Waals surface area contributed by atoms with Crippen molar-refractivity contribution < 1.29 is 4.42 Å². The number of furan rings is 1. The van der Waals surface area contributed by atoms with Gasteiger partial charge in [0.05, 0.1) is 16.5 Å². The first-order chi connectivity index (χ1) is 37.7. The van der Waals surface area contributed by atoms with E-state index in [-0.39, 0.29) is 0 Å². The summed E-state index contributed by atoms with van der Waals surface area (Å²) in [6.07, 6.45) is 0. The highest BCUT2D eigenvalue weighted by Crippen LogP contribution is 2.66. The standard InChI is InChI=1S/C74H47NO/c1-3-22-48(23-4-1)52-26-7-14-33-61(52)74(62-34-15-8-27-53(62)49-24-5-2-6-25-49)65-37-18-11-30-56(65)57-44-42-50(46-68(57)74)75(51-43-45-59-58-31-13-20-41-70(58)76-71(59)47-51)69-40-21-39-67-72(69)60-32-12-19-38-66(60)73(67)63-35-16-9-28-54(63)55-29-10-17-36-64(55)73/h1-47H. The summed E-state index contributed by atoms with van der Waals surface area (Å²) in [7, 11) is 0. The third-order valence-corrected chi connectivity index (χ3v) is 17.0. The molecule has 1 aromatic heterocycles. The minimum atomic E-state index is -0.762. The highest BCUT2D eigenvalue weighted by molar-refractivity contribution is 6.07. The maximum atomic E-state index is 6.77. The van der Waals surface area contributed by atoms with Crippen LogP contribution in [-0.4, -0.2) is 0 Å². The summed E-state index contributed by atoms with van der Waals surface area (Å²) in [5.41, 5.74) is 26.1. The lowest BCUT2D eigenvalue weighted by Gasteiger charge is -2.38. The molecule has 1 spiro atoms. The van der Waals surface area contributed by atoms with Crippen molar-refractivity contribution in [1.29, 1.82) is 0 Å². The maximum absolute atomic E-state index is 6.77. The molecule has 2 nitrogen and oxygen atoms in total. The third-order valence-electron chi connectivity index (χ3n) is 17.0. The van der Waals surface area contributed by atoms with E-state index in [1.807, 2.05) is 0 Å². The molecule has 0 aliphatic heterocycles. The van der Waals surface area contributed by atoms with Gasteiger partial charge < -0.3 is 9.32 Å². The Balaban J connectivity index is 1.02. The van der Waals surface area contributed by atoms with Gasteiger partial charge in [-0.05, 0) is 131 Å². The number of hydrogen-bond donors (Lipinski definition) is 0. The van der Waals surface area contributed by atoms with E-state index in [4.69, 9.17) is 4.42 Å². The summed E-state index contributed by atoms with van der Waals surface area (Å²) in [6.45, 7) is 0. The number of benzene rings is 12. The molecule has 0 radical (unpaired) electrons. The van der Waals surface area contributed by atoms with E-state index < -0.39 is 10.8 Å². The van der Waals surface area contributed by atoms with Gasteiger partial charge in [-0.15, -0.1) is 0 Å². The monoisotopic (exact) mass is 965 g/mol. The summed E-state index contributed by atoms with van der Waals surface area (Å²) in [4.78, 5) is 2.52. The third kappa shape index (κ3) is 5.76. The molecule has 76 heavy (non-hydrogen) atoms. The summed E-state index contributed by atoms with van der Waals surface area (Å²) in [5, 5.41) is 2.21. The van der Waals surface area contributed by atoms with Crippen LogP contribution in [0.4, 0.5) is 17.1 Å². The van der Waals surface area contributed by atoms with Crippen molar-refractivity contribution in [1.82, 2.24) is 0 Å². The zero-order chi connectivity index (χ0) is 50.0. The van der Waals surface area contributed by atoms with E-state index in [1.165, 1.54) is 100 Å². The fourth-order valence-corrected chi connectivity index (χ4v) is 14.1. The predicted octanol–water partition coefficient (Wildman–Crippen LogP) is 19.1. The minimum absolute atomic E-state index is 0.513. The number of fused-ring (bicyclic) bond motifs is 16. The van der Waals surface area contributed by atoms with Crippen molar-refractivity contribution in [3.05, 3.63) is 330 Å². The maximum Gasteiger partial charge on any atom is 0.137 e. The van der Waals surface area contributed by atoms with Crippen LogP contribution < -0.4 is 4.90 Å². The fraction of sp³-hybridized carbons (Fsp3) is 0.0270. The largest absolute Gasteiger partial charge is 0.456 e. The van der Waals surface area contributed by atoms with Crippen molar-refractivity contribution in [2.45, 2.75) is 10.8 Å². The van der Waals surface area contributed by atoms with Gasteiger partial charge in [-0.1, -0.05) is 243 Å². The summed E-state index contributed by atoms with van der Waals surface area (Å²) in [6, 6.07) is 106. The van der Waals surface area contributed by atoms with Crippen LogP contribution in [-0.2, 0) is 10.8 Å². The summed E-state index contributed by atoms with van der Waals surface area (Å²) in [5.74, 6) is 0. The second kappa shape index (κ2) is 16.4. The van der Waals surface area contributed by atoms with Crippen molar-refractivity contribution in [2.24, 2.45) is 0 Å². The molecule has 0 amide bonds. The number of anilines is 3. The smallest absolute Gasteiger partial charge is 0.137 e. The minimum Gasteiger partial charge on any atom is -0.456 e. The van der Waals surface area contributed by atoms with Crippen molar-refractivity contribution in [2.75, 3.05) is 4.90 Å². The van der Waals surface area contributed by atoms with Crippen LogP contribution >= 0.6 is 0 Å². The first-order valence-corrected chi connectivity index (χ1v) is 26.4. The lowest BCUT2D eigenvalue weighted by molar-refractivity contribution is 0.669. The van der Waals surface area contributed by atoms with Crippen LogP contribution in [0.3, 0.4) is 0 Å². The first kappa shape index (κ1) is 42.7. The molecule has 354 valence electrons. The Hall–Kier alpha value is -9.76. The molecule has 0 bridgehead atoms. The zero-order valence-corrected chi connectivity index (χ0v) is 41.5. The quantitative estimate of drug-likeness (QED) is 0.158. The summed E-state index contributed by atoms with van der Waals surface area (Å²) >= 11 is 0. The Labute approximate surface area is 442 Å². The molecule has 3 aliphatic carbocycles. The normalized spacial score (nSPS) is 13.7. The topological polar surface area (TPSA) is 16.4 Å². The predicted molar refractivity (Wildman–Crippen MR) is 313 cm³/mol. The van der Waals surface area contributed by atoms with Gasteiger partial charge in [0.15, 0.2) is 0 Å². The Kier molecular flexibility index (Phi) is 9.20. The van der Waals surface area contributed by atoms with Crippen LogP contribution in [0.1, 0.15) is 44.5 Å². The van der Waals surface area contributed by atoms with Gasteiger partial charge in [-0.25, -0.2) is 0 Å². The van der Waals surface area contributed by atoms with Gasteiger partial charge >= 0.3 is 0 Å². The molecular formula is C74H47NO. The molecule has 0 fully saturated rings. The lowest BCUT2D eigenvalue weighted by Crippen LogP contribution is -2.30. The van der Waals surface area contributed by atoms with Crippen LogP contribution in [0.2, 0.25) is 0 Å². The Morgan fingerprint density at radius 3 is 1.22 bits per heavy atom. The Morgan fingerprint density at radius 2 is 0.645 bits per heavy atom. The molecular weight excluding hydrogens is 919 g/mol. The Bertz CT molecular complexity index is 4360. The number of hydrogen-bond acceptors (Lipinski definition) is 2. The first-order valence-electron chi connectivity index (χ1n) is 26.4. The molecule has 0 saturated heterocycles. The van der Waals surface area contributed by atoms with Crippen molar-refractivity contribution in [3.63, 3.8) is 0 Å². The highest BCUT2D eigenvalue weighted by Gasteiger charge is 2.53. The molecule has 2 heteroatoms. The van der Waals surface area contributed by atoms with Crippen LogP contribution in [0.25, 0.3) is 77.6 Å². The van der Waals surface area contributed by atoms with Gasteiger partial charge in [0.25, 0.3) is 0 Å². The van der Waals surface area contributed by atoms with Crippen molar-refractivity contribution in [3.8, 4) is 55.6 Å². The second-order valence-corrected chi connectivity index (χ2v) is 20.5. The van der Waals surface area contributed by atoms with E-state index in [9.17, 15) is 0 Å². The molecule has 0 unspecified atom stereocenters. The van der Waals surface area contributed by atoms with Gasteiger partial charge in [0.2, 0.25) is 0 Å². The molecule has 13 aromatic rings. The number of rotatable bonds is 7. The van der Waals surface area contributed by atoms with E-state index in [2.05, 4.69) is 290 Å². The van der Waals surface area contributed by atoms with E-state index >= 15 is 0 Å². The fourth-order valence-electron chi connectivity index (χ4n) is 14.1. The SMILES string of the molecule is c1ccc(-c2ccccc2C2(c3ccccc3-c3ccccc3)c3ccccc3-c3ccc(N(c4ccc5c(c4)oc4ccccc45)c4cccc5c4-c4ccccc4C54c5ccccc5-c5ccccc54)cc32)cc1. The van der Waals surface area contributed by atoms with E-state index in [0.29, 0.717) is 0 Å². The van der Waals surface area contributed by atoms with Gasteiger partial charge in [0, 0.05) is 33.8 Å². The molecule has 3 aliphatic rings. The molecule has 1 heterocycles. The molecule has 0 N–H and O–H groups in total. The van der Waals surface area contributed by atoms with Gasteiger partial charge in [0.1, 0.15) is 11.2 Å². The molecule has 0 atom stereocenters. The molecule has 16 rings (SSSR count). The van der Waals surface area contributed by atoms with Crippen LogP contribution in [0.15, 0.2) is 290 Å². The Morgan fingerprint density at radius 1 is 0.250 bits per heavy atom. The number of para-hydroxylation sites is 1. The van der Waals surface area contributed by atoms with E-state index in [1.54, 1.807) is 0 Å². The van der Waals surface area contributed by atoms with E-state index in [0.717, 1.165) is 39.0 Å². The van der Waals surface area contributed by atoms with Crippen molar-refractivity contribution >= 4 is 39.0 Å². The molecule has 12 aromatic carbocycles. The highest BCUT2D eigenvalue weighted by atomic mass is 16.3. The average molecular weight is 966 g/mol. The summed E-state index contributed by atoms with van der Waals surface area (Å²) < 4.78 is 6.77. The van der Waals surface area contributed by atoms with Gasteiger partial charge in [-0.3, -0.25) is 0 Å². The zero-order valence-electron chi connectivity index (χ0n) is 41.5.